The molecule has 2 aromatic heterocycles. The van der Waals surface area contributed by atoms with Crippen molar-refractivity contribution < 1.29 is 9.21 Å². The zero-order valence-corrected chi connectivity index (χ0v) is 14.6. The number of benzene rings is 2. The lowest BCUT2D eigenvalue weighted by Gasteiger charge is -2.18. The molecular weight excluding hydrogens is 324 g/mol. The maximum Gasteiger partial charge on any atom is 0.242 e. The first-order valence-corrected chi connectivity index (χ1v) is 8.62. The van der Waals surface area contributed by atoms with E-state index < -0.39 is 0 Å². The summed E-state index contributed by atoms with van der Waals surface area (Å²) in [6.07, 6.45) is 1.63. The molecule has 4 rings (SSSR count). The van der Waals surface area contributed by atoms with Crippen LogP contribution >= 0.6 is 0 Å². The fourth-order valence-electron chi connectivity index (χ4n) is 3.21. The molecule has 130 valence electrons. The molecule has 0 aliphatic heterocycles. The third-order valence-electron chi connectivity index (χ3n) is 4.57. The van der Waals surface area contributed by atoms with Crippen LogP contribution in [0.4, 0.5) is 0 Å². The van der Waals surface area contributed by atoms with E-state index in [4.69, 9.17) is 4.42 Å². The van der Waals surface area contributed by atoms with Crippen molar-refractivity contribution in [3.8, 4) is 11.3 Å². The fraction of sp³-hybridized carbons (Fsp3) is 0.136. The first-order chi connectivity index (χ1) is 12.7. The van der Waals surface area contributed by atoms with Crippen LogP contribution < -0.4 is 0 Å². The molecule has 0 aliphatic rings. The number of para-hydroxylation sites is 1. The molecule has 0 bridgehead atoms. The monoisotopic (exact) mass is 344 g/mol. The van der Waals surface area contributed by atoms with Gasteiger partial charge in [0.25, 0.3) is 0 Å². The normalized spacial score (nSPS) is 11.0. The summed E-state index contributed by atoms with van der Waals surface area (Å²) in [4.78, 5) is 14.5. The Kier molecular flexibility index (Phi) is 4.32. The van der Waals surface area contributed by atoms with Gasteiger partial charge in [-0.2, -0.15) is 0 Å². The Morgan fingerprint density at radius 3 is 2.54 bits per heavy atom. The topological polar surface area (TPSA) is 38.4 Å². The van der Waals surface area contributed by atoms with Crippen molar-refractivity contribution in [3.63, 3.8) is 0 Å². The van der Waals surface area contributed by atoms with E-state index in [0.717, 1.165) is 27.9 Å². The zero-order chi connectivity index (χ0) is 17.9. The summed E-state index contributed by atoms with van der Waals surface area (Å²) in [5.41, 5.74) is 3.21. The second-order valence-corrected chi connectivity index (χ2v) is 6.37. The highest BCUT2D eigenvalue weighted by Crippen LogP contribution is 2.28. The molecule has 26 heavy (non-hydrogen) atoms. The second-order valence-electron chi connectivity index (χ2n) is 6.37. The van der Waals surface area contributed by atoms with E-state index in [1.54, 1.807) is 18.2 Å². The van der Waals surface area contributed by atoms with E-state index >= 15 is 0 Å². The number of carbonyl (C=O) groups excluding carboxylic acids is 1. The first kappa shape index (κ1) is 16.2. The molecule has 2 heterocycles. The molecule has 0 radical (unpaired) electrons. The number of nitrogens with zero attached hydrogens (tertiary/aromatic N) is 2. The SMILES string of the molecule is CN(Cc1ccco1)C(=O)Cn1c(-c2ccccc2)cc2ccccc21. The number of amides is 1. The summed E-state index contributed by atoms with van der Waals surface area (Å²) in [6, 6.07) is 24.2. The quantitative estimate of drug-likeness (QED) is 0.532. The first-order valence-electron chi connectivity index (χ1n) is 8.62. The minimum absolute atomic E-state index is 0.0416. The largest absolute Gasteiger partial charge is 0.467 e. The maximum absolute atomic E-state index is 12.8. The van der Waals surface area contributed by atoms with E-state index in [9.17, 15) is 4.79 Å². The van der Waals surface area contributed by atoms with Gasteiger partial charge in [-0.3, -0.25) is 4.79 Å². The molecule has 0 spiro atoms. The van der Waals surface area contributed by atoms with Crippen LogP contribution in [0, 0.1) is 0 Å². The van der Waals surface area contributed by atoms with Crippen LogP contribution in [0.5, 0.6) is 0 Å². The summed E-state index contributed by atoms with van der Waals surface area (Å²) in [5.74, 6) is 0.821. The zero-order valence-electron chi connectivity index (χ0n) is 14.6. The van der Waals surface area contributed by atoms with Gasteiger partial charge in [-0.05, 0) is 29.8 Å². The van der Waals surface area contributed by atoms with E-state index in [-0.39, 0.29) is 12.5 Å². The summed E-state index contributed by atoms with van der Waals surface area (Å²) in [6.45, 7) is 0.751. The lowest BCUT2D eigenvalue weighted by atomic mass is 10.1. The number of furan rings is 1. The number of rotatable bonds is 5. The smallest absolute Gasteiger partial charge is 0.242 e. The summed E-state index contributed by atoms with van der Waals surface area (Å²) < 4.78 is 7.44. The van der Waals surface area contributed by atoms with E-state index in [1.807, 2.05) is 42.5 Å². The van der Waals surface area contributed by atoms with Gasteiger partial charge in [-0.1, -0.05) is 48.5 Å². The summed E-state index contributed by atoms with van der Waals surface area (Å²) >= 11 is 0. The predicted octanol–water partition coefficient (Wildman–Crippen LogP) is 4.56. The van der Waals surface area contributed by atoms with Gasteiger partial charge < -0.3 is 13.9 Å². The van der Waals surface area contributed by atoms with Crippen molar-refractivity contribution in [1.29, 1.82) is 0 Å². The predicted molar refractivity (Wildman–Crippen MR) is 103 cm³/mol. The Hall–Kier alpha value is -3.27. The molecule has 0 fully saturated rings. The molecule has 4 aromatic rings. The van der Waals surface area contributed by atoms with Crippen molar-refractivity contribution in [3.05, 3.63) is 84.8 Å². The van der Waals surface area contributed by atoms with Gasteiger partial charge in [0.05, 0.1) is 12.8 Å². The minimum atomic E-state index is 0.0416. The molecule has 4 nitrogen and oxygen atoms in total. The fourth-order valence-corrected chi connectivity index (χ4v) is 3.21. The van der Waals surface area contributed by atoms with Gasteiger partial charge in [0.2, 0.25) is 5.91 Å². The highest BCUT2D eigenvalue weighted by atomic mass is 16.3. The highest BCUT2D eigenvalue weighted by Gasteiger charge is 2.16. The average molecular weight is 344 g/mol. The van der Waals surface area contributed by atoms with Crippen molar-refractivity contribution in [2.75, 3.05) is 7.05 Å². The average Bonchev–Trinajstić information content (AvgIpc) is 3.30. The number of hydrogen-bond donors (Lipinski definition) is 0. The number of likely N-dealkylation sites (N-methyl/N-ethyl adjacent to an activating group) is 1. The highest BCUT2D eigenvalue weighted by molar-refractivity contribution is 5.89. The van der Waals surface area contributed by atoms with Crippen LogP contribution in [0.1, 0.15) is 5.76 Å². The molecule has 2 aromatic carbocycles. The lowest BCUT2D eigenvalue weighted by Crippen LogP contribution is -2.29. The maximum atomic E-state index is 12.8. The standard InChI is InChI=1S/C22H20N2O2/c1-23(15-19-11-7-13-26-19)22(25)16-24-20-12-6-5-10-18(20)14-21(24)17-8-3-2-4-9-17/h2-14H,15-16H2,1H3. The van der Waals surface area contributed by atoms with Gasteiger partial charge in [0.1, 0.15) is 12.3 Å². The Balaban J connectivity index is 1.67. The minimum Gasteiger partial charge on any atom is -0.467 e. The molecule has 0 atom stereocenters. The van der Waals surface area contributed by atoms with Crippen LogP contribution in [0.25, 0.3) is 22.2 Å². The Labute approximate surface area is 152 Å². The number of fused-ring (bicyclic) bond motifs is 1. The van der Waals surface area contributed by atoms with Crippen LogP contribution in [0.15, 0.2) is 83.5 Å². The Morgan fingerprint density at radius 1 is 1.00 bits per heavy atom. The molecule has 0 unspecified atom stereocenters. The third kappa shape index (κ3) is 3.14. The van der Waals surface area contributed by atoms with Crippen LogP contribution in [0.3, 0.4) is 0 Å². The third-order valence-corrected chi connectivity index (χ3v) is 4.57. The molecule has 0 aliphatic carbocycles. The Bertz CT molecular complexity index is 1020. The molecule has 4 heteroatoms. The van der Waals surface area contributed by atoms with E-state index in [2.05, 4.69) is 34.9 Å². The van der Waals surface area contributed by atoms with Crippen molar-refractivity contribution in [2.24, 2.45) is 0 Å². The van der Waals surface area contributed by atoms with Gasteiger partial charge in [0, 0.05) is 23.6 Å². The van der Waals surface area contributed by atoms with Gasteiger partial charge in [0.15, 0.2) is 0 Å². The number of aromatic nitrogens is 1. The number of hydrogen-bond acceptors (Lipinski definition) is 2. The lowest BCUT2D eigenvalue weighted by molar-refractivity contribution is -0.131. The van der Waals surface area contributed by atoms with Crippen LogP contribution in [-0.4, -0.2) is 22.4 Å². The second kappa shape index (κ2) is 6.92. The molecular formula is C22H20N2O2. The van der Waals surface area contributed by atoms with Gasteiger partial charge >= 0.3 is 0 Å². The van der Waals surface area contributed by atoms with Crippen molar-refractivity contribution in [1.82, 2.24) is 9.47 Å². The van der Waals surface area contributed by atoms with Crippen molar-refractivity contribution >= 4 is 16.8 Å². The summed E-state index contributed by atoms with van der Waals surface area (Å²) in [7, 11) is 1.80. The van der Waals surface area contributed by atoms with Gasteiger partial charge in [-0.15, -0.1) is 0 Å². The van der Waals surface area contributed by atoms with Crippen LogP contribution in [-0.2, 0) is 17.9 Å². The van der Waals surface area contributed by atoms with E-state index in [1.165, 1.54) is 0 Å². The van der Waals surface area contributed by atoms with Crippen LogP contribution in [0.2, 0.25) is 0 Å². The molecule has 0 saturated carbocycles. The molecule has 0 N–H and O–H groups in total. The summed E-state index contributed by atoms with van der Waals surface area (Å²) in [5, 5.41) is 1.13. The molecule has 0 saturated heterocycles. The number of carbonyl (C=O) groups is 1. The molecule has 1 amide bonds. The van der Waals surface area contributed by atoms with E-state index in [0.29, 0.717) is 6.54 Å². The Morgan fingerprint density at radius 2 is 1.77 bits per heavy atom. The van der Waals surface area contributed by atoms with Gasteiger partial charge in [-0.25, -0.2) is 0 Å². The van der Waals surface area contributed by atoms with Crippen molar-refractivity contribution in [2.45, 2.75) is 13.1 Å².